The number of rotatable bonds is 25. The summed E-state index contributed by atoms with van der Waals surface area (Å²) in [6.45, 7) is 13.2. The summed E-state index contributed by atoms with van der Waals surface area (Å²) in [6, 6.07) is 17.3. The van der Waals surface area contributed by atoms with Crippen molar-refractivity contribution in [3.63, 3.8) is 0 Å². The highest BCUT2D eigenvalue weighted by Crippen LogP contribution is 2.19. The van der Waals surface area contributed by atoms with E-state index in [0.29, 0.717) is 0 Å². The van der Waals surface area contributed by atoms with Crippen LogP contribution >= 0.6 is 34.0 Å². The first-order chi connectivity index (χ1) is 18.8. The Bertz CT molecular complexity index is 757. The molecule has 0 atom stereocenters. The number of hydrogen-bond donors (Lipinski definition) is 4. The van der Waals surface area contributed by atoms with Crippen LogP contribution in [0.1, 0.15) is 73.6 Å². The molecule has 39 heavy (non-hydrogen) atoms. The summed E-state index contributed by atoms with van der Waals surface area (Å²) in [6.07, 6.45) is 10.5. The van der Waals surface area contributed by atoms with Gasteiger partial charge in [0.05, 0.1) is 0 Å². The lowest BCUT2D eigenvalue weighted by Crippen LogP contribution is -2.19. The van der Waals surface area contributed by atoms with Gasteiger partial charge in [-0.3, -0.25) is 0 Å². The summed E-state index contributed by atoms with van der Waals surface area (Å²) < 4.78 is 0. The average molecular weight is 595 g/mol. The van der Waals surface area contributed by atoms with Gasteiger partial charge in [0.15, 0.2) is 0 Å². The third-order valence-electron chi connectivity index (χ3n) is 6.88. The topological polar surface area (TPSA) is 48.1 Å². The normalized spacial score (nSPS) is 11.0. The molecule has 0 radical (unpaired) electrons. The van der Waals surface area contributed by atoms with Crippen LogP contribution in [0.2, 0.25) is 0 Å². The SMILES string of the molecule is Cc1ccccc1CNCCCCCCNCCSSCCNCCCCCCNCc1ccccc1C.Cl. The smallest absolute Gasteiger partial charge is 0.0208 e. The second-order valence-corrected chi connectivity index (χ2v) is 12.9. The number of halogens is 1. The Morgan fingerprint density at radius 2 is 0.821 bits per heavy atom. The molecule has 0 spiro atoms. The summed E-state index contributed by atoms with van der Waals surface area (Å²) in [5.41, 5.74) is 5.61. The van der Waals surface area contributed by atoms with Crippen LogP contribution in [0.15, 0.2) is 48.5 Å². The Kier molecular flexibility index (Phi) is 24.4. The van der Waals surface area contributed by atoms with E-state index >= 15 is 0 Å². The van der Waals surface area contributed by atoms with Crippen LogP contribution in [0.3, 0.4) is 0 Å². The highest BCUT2D eigenvalue weighted by molar-refractivity contribution is 8.76. The summed E-state index contributed by atoms with van der Waals surface area (Å²) in [5.74, 6) is 2.40. The molecular weight excluding hydrogens is 540 g/mol. The molecule has 2 aromatic carbocycles. The van der Waals surface area contributed by atoms with Gasteiger partial charge in [0, 0.05) is 37.7 Å². The molecule has 0 aliphatic rings. The van der Waals surface area contributed by atoms with E-state index in [1.165, 1.54) is 85.1 Å². The maximum absolute atomic E-state index is 3.60. The lowest BCUT2D eigenvalue weighted by atomic mass is 10.1. The lowest BCUT2D eigenvalue weighted by Gasteiger charge is -2.08. The summed E-state index contributed by atoms with van der Waals surface area (Å²) in [4.78, 5) is 0. The Morgan fingerprint density at radius 1 is 0.462 bits per heavy atom. The standard InChI is InChI=1S/C32H54N4S2.ClH/c1-29-15-7-9-17-31(29)27-35-21-13-5-3-11-19-33-23-25-37-38-26-24-34-20-12-4-6-14-22-36-28-32-18-10-8-16-30(32)2;/h7-10,15-18,33-36H,3-6,11-14,19-28H2,1-2H3;1H. The first-order valence-corrected chi connectivity index (χ1v) is 17.4. The van der Waals surface area contributed by atoms with Crippen LogP contribution < -0.4 is 21.3 Å². The van der Waals surface area contributed by atoms with Crippen LogP contribution in [0.4, 0.5) is 0 Å². The highest BCUT2D eigenvalue weighted by Gasteiger charge is 1.98. The van der Waals surface area contributed by atoms with E-state index in [-0.39, 0.29) is 12.4 Å². The van der Waals surface area contributed by atoms with Crippen molar-refractivity contribution in [1.29, 1.82) is 0 Å². The lowest BCUT2D eigenvalue weighted by molar-refractivity contribution is 0.569. The summed E-state index contributed by atoms with van der Waals surface area (Å²) in [5, 5.41) is 14.4. The van der Waals surface area contributed by atoms with Gasteiger partial charge in [-0.25, -0.2) is 0 Å². The fourth-order valence-electron chi connectivity index (χ4n) is 4.37. The average Bonchev–Trinajstić information content (AvgIpc) is 2.93. The number of aryl methyl sites for hydroxylation is 2. The zero-order chi connectivity index (χ0) is 26.9. The van der Waals surface area contributed by atoms with Gasteiger partial charge < -0.3 is 21.3 Å². The van der Waals surface area contributed by atoms with Crippen LogP contribution in [0.25, 0.3) is 0 Å². The van der Waals surface area contributed by atoms with Gasteiger partial charge in [-0.05, 0) is 88.0 Å². The van der Waals surface area contributed by atoms with Crippen LogP contribution in [-0.4, -0.2) is 50.8 Å². The van der Waals surface area contributed by atoms with E-state index in [4.69, 9.17) is 0 Å². The van der Waals surface area contributed by atoms with Crippen molar-refractivity contribution < 1.29 is 0 Å². The number of nitrogens with one attached hydrogen (secondary N) is 4. The van der Waals surface area contributed by atoms with Gasteiger partial charge in [0.1, 0.15) is 0 Å². The minimum absolute atomic E-state index is 0. The van der Waals surface area contributed by atoms with Gasteiger partial charge in [-0.2, -0.15) is 0 Å². The van der Waals surface area contributed by atoms with Crippen molar-refractivity contribution in [3.8, 4) is 0 Å². The summed E-state index contributed by atoms with van der Waals surface area (Å²) >= 11 is 0. The third-order valence-corrected chi connectivity index (χ3v) is 9.28. The Balaban J connectivity index is 0.00000760. The number of hydrogen-bond acceptors (Lipinski definition) is 6. The highest BCUT2D eigenvalue weighted by atomic mass is 35.5. The van der Waals surface area contributed by atoms with Crippen molar-refractivity contribution in [2.24, 2.45) is 0 Å². The Morgan fingerprint density at radius 3 is 1.21 bits per heavy atom. The second kappa shape index (κ2) is 26.2. The minimum atomic E-state index is 0. The molecule has 0 saturated heterocycles. The van der Waals surface area contributed by atoms with E-state index in [0.717, 1.165) is 52.4 Å². The van der Waals surface area contributed by atoms with Gasteiger partial charge in [0.2, 0.25) is 0 Å². The second-order valence-electron chi connectivity index (χ2n) is 10.2. The maximum Gasteiger partial charge on any atom is 0.0208 e. The fraction of sp³-hybridized carbons (Fsp3) is 0.625. The monoisotopic (exact) mass is 594 g/mol. The number of benzene rings is 2. The molecule has 0 amide bonds. The van der Waals surface area contributed by atoms with E-state index < -0.39 is 0 Å². The van der Waals surface area contributed by atoms with Crippen molar-refractivity contribution in [3.05, 3.63) is 70.8 Å². The molecule has 0 fully saturated rings. The van der Waals surface area contributed by atoms with Gasteiger partial charge in [0.25, 0.3) is 0 Å². The predicted molar refractivity (Wildman–Crippen MR) is 181 cm³/mol. The van der Waals surface area contributed by atoms with Crippen molar-refractivity contribution in [2.45, 2.75) is 78.3 Å². The molecule has 0 aromatic heterocycles. The predicted octanol–water partition coefficient (Wildman–Crippen LogP) is 7.29. The zero-order valence-electron chi connectivity index (χ0n) is 24.6. The van der Waals surface area contributed by atoms with Crippen LogP contribution in [0, 0.1) is 13.8 Å². The Hall–Kier alpha value is -0.730. The van der Waals surface area contributed by atoms with Gasteiger partial charge in [-0.15, -0.1) is 12.4 Å². The van der Waals surface area contributed by atoms with Gasteiger partial charge in [-0.1, -0.05) is 95.8 Å². The molecule has 0 aliphatic carbocycles. The fourth-order valence-corrected chi connectivity index (χ4v) is 6.26. The molecule has 7 heteroatoms. The largest absolute Gasteiger partial charge is 0.316 e. The quantitative estimate of drug-likeness (QED) is 0.0715. The zero-order valence-corrected chi connectivity index (χ0v) is 27.0. The summed E-state index contributed by atoms with van der Waals surface area (Å²) in [7, 11) is 4.01. The van der Waals surface area contributed by atoms with Crippen molar-refractivity contribution >= 4 is 34.0 Å². The first-order valence-electron chi connectivity index (χ1n) is 14.9. The third kappa shape index (κ3) is 19.9. The minimum Gasteiger partial charge on any atom is -0.316 e. The molecule has 4 nitrogen and oxygen atoms in total. The molecule has 2 aromatic rings. The maximum atomic E-state index is 3.60. The van der Waals surface area contributed by atoms with E-state index in [9.17, 15) is 0 Å². The molecule has 0 saturated carbocycles. The molecular formula is C32H55ClN4S2. The molecule has 0 bridgehead atoms. The molecule has 222 valence electrons. The van der Waals surface area contributed by atoms with Gasteiger partial charge >= 0.3 is 0 Å². The molecule has 0 heterocycles. The van der Waals surface area contributed by atoms with Crippen molar-refractivity contribution in [1.82, 2.24) is 21.3 Å². The first kappa shape index (κ1) is 36.3. The molecule has 4 N–H and O–H groups in total. The Labute approximate surface area is 254 Å². The van der Waals surface area contributed by atoms with E-state index in [1.54, 1.807) is 0 Å². The van der Waals surface area contributed by atoms with Crippen LogP contribution in [0.5, 0.6) is 0 Å². The number of unbranched alkanes of at least 4 members (excludes halogenated alkanes) is 6. The molecule has 0 unspecified atom stereocenters. The van der Waals surface area contributed by atoms with E-state index in [2.05, 4.69) is 83.6 Å². The molecule has 0 aliphatic heterocycles. The van der Waals surface area contributed by atoms with E-state index in [1.807, 2.05) is 21.6 Å². The molecule has 2 rings (SSSR count). The van der Waals surface area contributed by atoms with Crippen molar-refractivity contribution in [2.75, 3.05) is 50.8 Å². The van der Waals surface area contributed by atoms with Crippen LogP contribution in [-0.2, 0) is 13.1 Å².